The first-order valence-corrected chi connectivity index (χ1v) is 7.47. The zero-order valence-corrected chi connectivity index (χ0v) is 12.8. The van der Waals surface area contributed by atoms with Gasteiger partial charge >= 0.3 is 0 Å². The lowest BCUT2D eigenvalue weighted by Gasteiger charge is -2.15. The molecule has 1 aromatic heterocycles. The Bertz CT molecular complexity index is 783. The van der Waals surface area contributed by atoms with E-state index < -0.39 is 0 Å². The molecule has 21 heavy (non-hydrogen) atoms. The van der Waals surface area contributed by atoms with E-state index in [1.165, 1.54) is 6.07 Å². The van der Waals surface area contributed by atoms with Crippen LogP contribution in [0.2, 0.25) is 0 Å². The second kappa shape index (κ2) is 5.92. The van der Waals surface area contributed by atoms with Gasteiger partial charge in [0, 0.05) is 22.1 Å². The van der Waals surface area contributed by atoms with E-state index in [0.717, 1.165) is 20.9 Å². The molecule has 1 unspecified atom stereocenters. The first-order chi connectivity index (χ1) is 10.1. The standard InChI is InChI=1S/C17H14BrFN2/c18-13-6-7-15(19)12(9-13)10-16(20)14-5-1-3-11-4-2-8-21-17(11)14/h1-9,16H,10,20H2. The number of nitrogens with zero attached hydrogens (tertiary/aromatic N) is 1. The highest BCUT2D eigenvalue weighted by Gasteiger charge is 2.14. The smallest absolute Gasteiger partial charge is 0.126 e. The molecule has 0 aliphatic heterocycles. The van der Waals surface area contributed by atoms with Crippen molar-refractivity contribution in [1.82, 2.24) is 4.98 Å². The van der Waals surface area contributed by atoms with Crippen LogP contribution in [-0.4, -0.2) is 4.98 Å². The predicted octanol–water partition coefficient (Wildman–Crippen LogP) is 4.38. The molecule has 1 heterocycles. The van der Waals surface area contributed by atoms with Crippen LogP contribution in [0.25, 0.3) is 10.9 Å². The number of rotatable bonds is 3. The Balaban J connectivity index is 1.97. The van der Waals surface area contributed by atoms with Gasteiger partial charge in [-0.15, -0.1) is 0 Å². The van der Waals surface area contributed by atoms with Gasteiger partial charge in [-0.3, -0.25) is 4.98 Å². The van der Waals surface area contributed by atoms with Crippen LogP contribution in [0.15, 0.2) is 59.2 Å². The molecule has 0 spiro atoms. The number of pyridine rings is 1. The molecule has 0 saturated carbocycles. The summed E-state index contributed by atoms with van der Waals surface area (Å²) in [5.74, 6) is -0.234. The highest BCUT2D eigenvalue weighted by molar-refractivity contribution is 9.10. The minimum atomic E-state index is -0.299. The Labute approximate surface area is 130 Å². The molecular weight excluding hydrogens is 331 g/mol. The number of para-hydroxylation sites is 1. The molecule has 0 aliphatic rings. The Kier molecular flexibility index (Phi) is 3.99. The van der Waals surface area contributed by atoms with Crippen molar-refractivity contribution >= 4 is 26.8 Å². The minimum Gasteiger partial charge on any atom is -0.324 e. The van der Waals surface area contributed by atoms with Gasteiger partial charge in [0.2, 0.25) is 0 Å². The zero-order chi connectivity index (χ0) is 14.8. The fourth-order valence-corrected chi connectivity index (χ4v) is 2.88. The van der Waals surface area contributed by atoms with Crippen LogP contribution in [0.5, 0.6) is 0 Å². The van der Waals surface area contributed by atoms with Crippen LogP contribution in [-0.2, 0) is 6.42 Å². The van der Waals surface area contributed by atoms with Crippen molar-refractivity contribution in [2.45, 2.75) is 12.5 Å². The molecule has 2 nitrogen and oxygen atoms in total. The maximum absolute atomic E-state index is 13.9. The number of benzene rings is 2. The van der Waals surface area contributed by atoms with E-state index in [4.69, 9.17) is 5.73 Å². The number of hydrogen-bond donors (Lipinski definition) is 1. The lowest BCUT2D eigenvalue weighted by molar-refractivity contribution is 0.593. The lowest BCUT2D eigenvalue weighted by atomic mass is 9.97. The topological polar surface area (TPSA) is 38.9 Å². The molecule has 0 bridgehead atoms. The maximum atomic E-state index is 13.9. The Morgan fingerprint density at radius 1 is 1.14 bits per heavy atom. The summed E-state index contributed by atoms with van der Waals surface area (Å²) in [4.78, 5) is 4.40. The Morgan fingerprint density at radius 2 is 1.95 bits per heavy atom. The number of hydrogen-bond acceptors (Lipinski definition) is 2. The monoisotopic (exact) mass is 344 g/mol. The molecule has 0 saturated heterocycles. The van der Waals surface area contributed by atoms with E-state index in [1.54, 1.807) is 18.3 Å². The van der Waals surface area contributed by atoms with Gasteiger partial charge < -0.3 is 5.73 Å². The first kappa shape index (κ1) is 14.2. The summed E-state index contributed by atoms with van der Waals surface area (Å²) in [6.07, 6.45) is 2.18. The summed E-state index contributed by atoms with van der Waals surface area (Å²) in [7, 11) is 0. The second-order valence-corrected chi connectivity index (χ2v) is 5.88. The average molecular weight is 345 g/mol. The van der Waals surface area contributed by atoms with Gasteiger partial charge in [0.1, 0.15) is 5.82 Å². The third kappa shape index (κ3) is 2.96. The van der Waals surface area contributed by atoms with Crippen molar-refractivity contribution in [2.24, 2.45) is 5.73 Å². The highest BCUT2D eigenvalue weighted by atomic mass is 79.9. The molecule has 0 fully saturated rings. The van der Waals surface area contributed by atoms with E-state index in [0.29, 0.717) is 12.0 Å². The van der Waals surface area contributed by atoms with Crippen molar-refractivity contribution < 1.29 is 4.39 Å². The molecule has 0 aliphatic carbocycles. The summed E-state index contributed by atoms with van der Waals surface area (Å²) < 4.78 is 14.7. The summed E-state index contributed by atoms with van der Waals surface area (Å²) in [5.41, 5.74) is 8.71. The van der Waals surface area contributed by atoms with E-state index in [2.05, 4.69) is 20.9 Å². The quantitative estimate of drug-likeness (QED) is 0.765. The third-order valence-corrected chi connectivity index (χ3v) is 4.00. The van der Waals surface area contributed by atoms with E-state index in [9.17, 15) is 4.39 Å². The SMILES string of the molecule is NC(Cc1cc(Br)ccc1F)c1cccc2cccnc12. The van der Waals surface area contributed by atoms with Crippen LogP contribution in [0.3, 0.4) is 0 Å². The number of halogens is 2. The lowest BCUT2D eigenvalue weighted by Crippen LogP contribution is -2.15. The first-order valence-electron chi connectivity index (χ1n) is 6.68. The van der Waals surface area contributed by atoms with Crippen molar-refractivity contribution in [3.05, 3.63) is 76.1 Å². The normalized spacial score (nSPS) is 12.5. The molecule has 106 valence electrons. The van der Waals surface area contributed by atoms with Crippen molar-refractivity contribution in [3.63, 3.8) is 0 Å². The van der Waals surface area contributed by atoms with Crippen LogP contribution < -0.4 is 5.73 Å². The van der Waals surface area contributed by atoms with Gasteiger partial charge in [0.25, 0.3) is 0 Å². The minimum absolute atomic E-state index is 0.234. The van der Waals surface area contributed by atoms with Gasteiger partial charge in [-0.25, -0.2) is 4.39 Å². The molecule has 3 rings (SSSR count). The molecule has 0 radical (unpaired) electrons. The number of nitrogens with two attached hydrogens (primary N) is 1. The third-order valence-electron chi connectivity index (χ3n) is 3.51. The Hall–Kier alpha value is -1.78. The van der Waals surface area contributed by atoms with Crippen LogP contribution in [0.1, 0.15) is 17.2 Å². The zero-order valence-electron chi connectivity index (χ0n) is 11.3. The van der Waals surface area contributed by atoms with Gasteiger partial charge in [-0.2, -0.15) is 0 Å². The molecular formula is C17H14BrFN2. The maximum Gasteiger partial charge on any atom is 0.126 e. The summed E-state index contributed by atoms with van der Waals surface area (Å²) >= 11 is 3.36. The molecule has 2 N–H and O–H groups in total. The molecule has 1 atom stereocenters. The predicted molar refractivity (Wildman–Crippen MR) is 86.5 cm³/mol. The fraction of sp³-hybridized carbons (Fsp3) is 0.118. The Morgan fingerprint density at radius 3 is 2.81 bits per heavy atom. The van der Waals surface area contributed by atoms with Gasteiger partial charge in [0.05, 0.1) is 5.52 Å². The van der Waals surface area contributed by atoms with Gasteiger partial charge in [0.15, 0.2) is 0 Å². The van der Waals surface area contributed by atoms with Crippen molar-refractivity contribution in [3.8, 4) is 0 Å². The number of fused-ring (bicyclic) bond motifs is 1. The van der Waals surface area contributed by atoms with Gasteiger partial charge in [-0.05, 0) is 41.8 Å². The van der Waals surface area contributed by atoms with E-state index >= 15 is 0 Å². The number of aromatic nitrogens is 1. The van der Waals surface area contributed by atoms with Crippen LogP contribution in [0, 0.1) is 5.82 Å². The average Bonchev–Trinajstić information content (AvgIpc) is 2.50. The summed E-state index contributed by atoms with van der Waals surface area (Å²) in [6, 6.07) is 14.4. The fourth-order valence-electron chi connectivity index (χ4n) is 2.47. The second-order valence-electron chi connectivity index (χ2n) is 4.97. The van der Waals surface area contributed by atoms with Gasteiger partial charge in [-0.1, -0.05) is 40.2 Å². The van der Waals surface area contributed by atoms with Crippen LogP contribution >= 0.6 is 15.9 Å². The van der Waals surface area contributed by atoms with Crippen molar-refractivity contribution in [2.75, 3.05) is 0 Å². The molecule has 2 aromatic carbocycles. The highest BCUT2D eigenvalue weighted by Crippen LogP contribution is 2.25. The molecule has 4 heteroatoms. The summed E-state index contributed by atoms with van der Waals surface area (Å²) in [6.45, 7) is 0. The van der Waals surface area contributed by atoms with E-state index in [1.807, 2.05) is 30.3 Å². The molecule has 0 amide bonds. The van der Waals surface area contributed by atoms with Crippen LogP contribution in [0.4, 0.5) is 4.39 Å². The molecule has 3 aromatic rings. The van der Waals surface area contributed by atoms with E-state index in [-0.39, 0.29) is 11.9 Å². The summed E-state index contributed by atoms with van der Waals surface area (Å²) in [5, 5.41) is 1.04. The largest absolute Gasteiger partial charge is 0.324 e. The van der Waals surface area contributed by atoms with Crippen molar-refractivity contribution in [1.29, 1.82) is 0 Å².